The Morgan fingerprint density at radius 3 is 2.42 bits per heavy atom. The zero-order chi connectivity index (χ0) is 28.2. The molecule has 2 aromatic rings. The predicted molar refractivity (Wildman–Crippen MR) is 152 cm³/mol. The average molecular weight is 537 g/mol. The van der Waals surface area contributed by atoms with Crippen LogP contribution in [0.5, 0.6) is 0 Å². The van der Waals surface area contributed by atoms with E-state index >= 15 is 0 Å². The molecule has 0 spiro atoms. The number of anilines is 1. The molecular weight excluding hydrogens is 504 g/mol. The number of ketones is 1. The molecule has 2 rings (SSSR count). The SMILES string of the molecule is CN/C=C\C(=N)CC(C(=O)Nc1ccc(C)cc1)N(C)/C=C(OC)\C(=C/C=O)c1cc(Cl)ccc1C(C)=O. The predicted octanol–water partition coefficient (Wildman–Crippen LogP) is 5.00. The number of benzene rings is 2. The third-order valence-electron chi connectivity index (χ3n) is 5.67. The van der Waals surface area contributed by atoms with Crippen molar-refractivity contribution in [2.75, 3.05) is 26.5 Å². The molecule has 1 unspecified atom stereocenters. The number of Topliss-reactive ketones (excluding diaryl/α,β-unsaturated/α-hetero) is 1. The molecule has 8 nitrogen and oxygen atoms in total. The highest BCUT2D eigenvalue weighted by molar-refractivity contribution is 6.31. The largest absolute Gasteiger partial charge is 0.495 e. The molecule has 0 saturated heterocycles. The van der Waals surface area contributed by atoms with Gasteiger partial charge in [-0.2, -0.15) is 0 Å². The van der Waals surface area contributed by atoms with E-state index in [1.54, 1.807) is 67.8 Å². The van der Waals surface area contributed by atoms with Crippen molar-refractivity contribution in [2.24, 2.45) is 0 Å². The summed E-state index contributed by atoms with van der Waals surface area (Å²) >= 11 is 6.21. The van der Waals surface area contributed by atoms with Gasteiger partial charge in [0.1, 0.15) is 18.1 Å². The molecule has 200 valence electrons. The van der Waals surface area contributed by atoms with Crippen molar-refractivity contribution in [3.05, 3.63) is 94.5 Å². The van der Waals surface area contributed by atoms with Crippen molar-refractivity contribution in [3.63, 3.8) is 0 Å². The van der Waals surface area contributed by atoms with Gasteiger partial charge in [-0.1, -0.05) is 29.3 Å². The Labute approximate surface area is 228 Å². The Kier molecular flexibility index (Phi) is 11.5. The lowest BCUT2D eigenvalue weighted by Crippen LogP contribution is -2.40. The summed E-state index contributed by atoms with van der Waals surface area (Å²) in [5.41, 5.74) is 3.01. The summed E-state index contributed by atoms with van der Waals surface area (Å²) in [6.07, 6.45) is 6.70. The first-order chi connectivity index (χ1) is 18.1. The molecule has 9 heteroatoms. The second-order valence-corrected chi connectivity index (χ2v) is 8.98. The molecule has 3 N–H and O–H groups in total. The van der Waals surface area contributed by atoms with Gasteiger partial charge in [0.15, 0.2) is 5.78 Å². The van der Waals surface area contributed by atoms with Crippen molar-refractivity contribution in [1.82, 2.24) is 10.2 Å². The van der Waals surface area contributed by atoms with Crippen LogP contribution in [0, 0.1) is 12.3 Å². The molecule has 0 aliphatic carbocycles. The number of rotatable bonds is 13. The average Bonchev–Trinajstić information content (AvgIpc) is 2.88. The minimum absolute atomic E-state index is 0.0858. The Balaban J connectivity index is 2.52. The number of nitrogens with one attached hydrogen (secondary N) is 3. The first kappa shape index (κ1) is 30.1. The van der Waals surface area contributed by atoms with Crippen LogP contribution in [0.2, 0.25) is 5.02 Å². The molecule has 0 bridgehead atoms. The van der Waals surface area contributed by atoms with Crippen LogP contribution in [0.1, 0.15) is 34.8 Å². The van der Waals surface area contributed by atoms with Gasteiger partial charge in [0.2, 0.25) is 5.91 Å². The summed E-state index contributed by atoms with van der Waals surface area (Å²) in [5, 5.41) is 14.5. The van der Waals surface area contributed by atoms with Crippen LogP contribution in [0.4, 0.5) is 5.69 Å². The van der Waals surface area contributed by atoms with Crippen molar-refractivity contribution >= 4 is 46.5 Å². The monoisotopic (exact) mass is 536 g/mol. The standard InChI is InChI=1S/C29H33ClN4O4/c1-19-6-9-23(10-7-19)33-29(37)27(17-22(31)12-14-32-3)34(4)18-28(38-5)25(13-15-35)26-16-21(30)8-11-24(26)20(2)36/h6-16,18,27,31-32H,17H2,1-5H3,(H,33,37)/b14-12-,25-13-,28-18+,31-22?. The normalized spacial score (nSPS) is 12.6. The number of aryl methyl sites for hydroxylation is 1. The van der Waals surface area contributed by atoms with Gasteiger partial charge < -0.3 is 25.7 Å². The quantitative estimate of drug-likeness (QED) is 0.0829. The molecule has 38 heavy (non-hydrogen) atoms. The molecule has 0 aromatic heterocycles. The fraction of sp³-hybridized carbons (Fsp3) is 0.241. The number of halogens is 1. The smallest absolute Gasteiger partial charge is 0.247 e. The highest BCUT2D eigenvalue weighted by Gasteiger charge is 2.25. The van der Waals surface area contributed by atoms with Crippen LogP contribution in [0.15, 0.2) is 72.8 Å². The Hall–Kier alpha value is -4.17. The molecule has 2 aromatic carbocycles. The van der Waals surface area contributed by atoms with Gasteiger partial charge in [-0.05, 0) is 68.1 Å². The summed E-state index contributed by atoms with van der Waals surface area (Å²) in [6.45, 7) is 3.37. The lowest BCUT2D eigenvalue weighted by molar-refractivity contribution is -0.119. The second-order valence-electron chi connectivity index (χ2n) is 8.55. The van der Waals surface area contributed by atoms with E-state index in [1.165, 1.54) is 20.1 Å². The van der Waals surface area contributed by atoms with Crippen molar-refractivity contribution in [1.29, 1.82) is 5.41 Å². The second kappa shape index (κ2) is 14.5. The number of aldehydes is 1. The van der Waals surface area contributed by atoms with Crippen LogP contribution in [0.3, 0.4) is 0 Å². The maximum Gasteiger partial charge on any atom is 0.247 e. The van der Waals surface area contributed by atoms with E-state index < -0.39 is 6.04 Å². The van der Waals surface area contributed by atoms with Gasteiger partial charge in [0, 0.05) is 54.3 Å². The summed E-state index contributed by atoms with van der Waals surface area (Å²) in [4.78, 5) is 38.9. The summed E-state index contributed by atoms with van der Waals surface area (Å²) < 4.78 is 5.62. The molecule has 1 amide bonds. The Morgan fingerprint density at radius 2 is 1.84 bits per heavy atom. The number of ether oxygens (including phenoxy) is 1. The van der Waals surface area contributed by atoms with Crippen molar-refractivity contribution < 1.29 is 19.1 Å². The molecule has 0 radical (unpaired) electrons. The van der Waals surface area contributed by atoms with E-state index in [1.807, 2.05) is 19.1 Å². The van der Waals surface area contributed by atoms with Crippen LogP contribution < -0.4 is 10.6 Å². The fourth-order valence-electron chi connectivity index (χ4n) is 3.67. The van der Waals surface area contributed by atoms with Gasteiger partial charge in [-0.15, -0.1) is 0 Å². The number of hydrogen-bond donors (Lipinski definition) is 3. The molecule has 0 aliphatic heterocycles. The molecule has 1 atom stereocenters. The lowest BCUT2D eigenvalue weighted by Gasteiger charge is -2.27. The number of amides is 1. The number of nitrogens with zero attached hydrogens (tertiary/aromatic N) is 1. The van der Waals surface area contributed by atoms with Gasteiger partial charge >= 0.3 is 0 Å². The zero-order valence-electron chi connectivity index (χ0n) is 22.2. The third-order valence-corrected chi connectivity index (χ3v) is 5.90. The molecule has 0 aliphatic rings. The van der Waals surface area contributed by atoms with E-state index in [2.05, 4.69) is 10.6 Å². The molecule has 0 fully saturated rings. The number of likely N-dealkylation sites (N-methyl/N-ethyl adjacent to an activating group) is 1. The van der Waals surface area contributed by atoms with E-state index in [-0.39, 0.29) is 29.6 Å². The van der Waals surface area contributed by atoms with Crippen LogP contribution in [-0.4, -0.2) is 55.8 Å². The highest BCUT2D eigenvalue weighted by Crippen LogP contribution is 2.30. The van der Waals surface area contributed by atoms with E-state index in [9.17, 15) is 14.4 Å². The van der Waals surface area contributed by atoms with Gasteiger partial charge in [-0.25, -0.2) is 0 Å². The van der Waals surface area contributed by atoms with Crippen LogP contribution >= 0.6 is 11.6 Å². The van der Waals surface area contributed by atoms with Crippen molar-refractivity contribution in [2.45, 2.75) is 26.3 Å². The zero-order valence-corrected chi connectivity index (χ0v) is 22.9. The number of hydrogen-bond acceptors (Lipinski definition) is 7. The van der Waals surface area contributed by atoms with Gasteiger partial charge in [0.05, 0.1) is 7.11 Å². The van der Waals surface area contributed by atoms with E-state index in [0.29, 0.717) is 33.7 Å². The Bertz CT molecular complexity index is 1270. The molecule has 0 heterocycles. The van der Waals surface area contributed by atoms with Crippen molar-refractivity contribution in [3.8, 4) is 0 Å². The van der Waals surface area contributed by atoms with Crippen LogP contribution in [0.25, 0.3) is 5.57 Å². The van der Waals surface area contributed by atoms with E-state index in [4.69, 9.17) is 21.7 Å². The minimum atomic E-state index is -0.806. The minimum Gasteiger partial charge on any atom is -0.495 e. The third kappa shape index (κ3) is 8.45. The number of carbonyl (C=O) groups is 3. The van der Waals surface area contributed by atoms with Gasteiger partial charge in [0.25, 0.3) is 0 Å². The summed E-state index contributed by atoms with van der Waals surface area (Å²) in [7, 11) is 4.82. The first-order valence-electron chi connectivity index (χ1n) is 11.8. The maximum absolute atomic E-state index is 13.4. The number of methoxy groups -OCH3 is 1. The van der Waals surface area contributed by atoms with E-state index in [0.717, 1.165) is 5.56 Å². The summed E-state index contributed by atoms with van der Waals surface area (Å²) in [5.74, 6) is -0.314. The van der Waals surface area contributed by atoms with Gasteiger partial charge in [-0.3, -0.25) is 14.4 Å². The number of carbonyl (C=O) groups excluding carboxylic acids is 3. The maximum atomic E-state index is 13.4. The molecule has 0 saturated carbocycles. The lowest BCUT2D eigenvalue weighted by atomic mass is 9.95. The van der Waals surface area contributed by atoms with Crippen LogP contribution in [-0.2, 0) is 14.3 Å². The Morgan fingerprint density at radius 1 is 1.16 bits per heavy atom. The fourth-order valence-corrected chi connectivity index (χ4v) is 3.84. The first-order valence-corrected chi connectivity index (χ1v) is 12.2. The molecular formula is C29H33ClN4O4. The highest BCUT2D eigenvalue weighted by atomic mass is 35.5. The topological polar surface area (TPSA) is 112 Å². The number of allylic oxidation sites excluding steroid dienone is 3. The summed E-state index contributed by atoms with van der Waals surface area (Å²) in [6, 6.07) is 11.4.